The number of rotatable bonds is 3. The standard InChI is InChI=1S/C13H18N2O2/c16-10-12-13(17)15(8-4-7-14-12)9-11-5-2-1-3-6-11/h1-3,5-6,12,14,16H,4,7-10H2. The van der Waals surface area contributed by atoms with Crippen molar-refractivity contribution >= 4 is 5.91 Å². The van der Waals surface area contributed by atoms with Gasteiger partial charge < -0.3 is 15.3 Å². The summed E-state index contributed by atoms with van der Waals surface area (Å²) in [5.74, 6) is -0.00569. The molecule has 0 radical (unpaired) electrons. The average Bonchev–Trinajstić information content (AvgIpc) is 2.54. The van der Waals surface area contributed by atoms with E-state index in [1.54, 1.807) is 0 Å². The third-order valence-corrected chi connectivity index (χ3v) is 3.00. The third kappa shape index (κ3) is 3.05. The van der Waals surface area contributed by atoms with E-state index in [0.717, 1.165) is 25.1 Å². The fourth-order valence-corrected chi connectivity index (χ4v) is 2.07. The molecule has 1 fully saturated rings. The van der Waals surface area contributed by atoms with Crippen LogP contribution in [0.2, 0.25) is 0 Å². The van der Waals surface area contributed by atoms with Gasteiger partial charge in [0.2, 0.25) is 5.91 Å². The molecule has 0 aromatic heterocycles. The molecule has 1 unspecified atom stereocenters. The first-order valence-electron chi connectivity index (χ1n) is 5.98. The van der Waals surface area contributed by atoms with Crippen LogP contribution in [0.5, 0.6) is 0 Å². The van der Waals surface area contributed by atoms with E-state index in [-0.39, 0.29) is 12.5 Å². The number of aliphatic hydroxyl groups excluding tert-OH is 1. The topological polar surface area (TPSA) is 52.6 Å². The fourth-order valence-electron chi connectivity index (χ4n) is 2.07. The lowest BCUT2D eigenvalue weighted by molar-refractivity contribution is -0.134. The van der Waals surface area contributed by atoms with Crippen molar-refractivity contribution in [3.63, 3.8) is 0 Å². The van der Waals surface area contributed by atoms with Crippen LogP contribution in [0.4, 0.5) is 0 Å². The Morgan fingerprint density at radius 2 is 2.12 bits per heavy atom. The Morgan fingerprint density at radius 3 is 2.82 bits per heavy atom. The van der Waals surface area contributed by atoms with Gasteiger partial charge in [0.1, 0.15) is 6.04 Å². The molecule has 1 aromatic carbocycles. The summed E-state index contributed by atoms with van der Waals surface area (Å²) in [5, 5.41) is 12.2. The quantitative estimate of drug-likeness (QED) is 0.794. The lowest BCUT2D eigenvalue weighted by atomic mass is 10.2. The first kappa shape index (κ1) is 12.1. The Bertz CT molecular complexity index is 367. The zero-order valence-corrected chi connectivity index (χ0v) is 9.80. The van der Waals surface area contributed by atoms with Crippen molar-refractivity contribution in [2.75, 3.05) is 19.7 Å². The molecule has 0 aliphatic carbocycles. The zero-order valence-electron chi connectivity index (χ0n) is 9.80. The lowest BCUT2D eigenvalue weighted by Crippen LogP contribution is -2.45. The molecule has 0 bridgehead atoms. The van der Waals surface area contributed by atoms with E-state index in [1.807, 2.05) is 35.2 Å². The van der Waals surface area contributed by atoms with Crippen LogP contribution >= 0.6 is 0 Å². The maximum absolute atomic E-state index is 12.1. The SMILES string of the molecule is O=C1C(CO)NCCCN1Cc1ccccc1. The van der Waals surface area contributed by atoms with Crippen LogP contribution in [0.3, 0.4) is 0 Å². The molecule has 92 valence electrons. The lowest BCUT2D eigenvalue weighted by Gasteiger charge is -2.23. The van der Waals surface area contributed by atoms with Gasteiger partial charge >= 0.3 is 0 Å². The van der Waals surface area contributed by atoms with Gasteiger partial charge in [0.25, 0.3) is 0 Å². The van der Waals surface area contributed by atoms with Gasteiger partial charge in [-0.2, -0.15) is 0 Å². The number of carbonyl (C=O) groups is 1. The van der Waals surface area contributed by atoms with Crippen molar-refractivity contribution < 1.29 is 9.90 Å². The number of hydrogen-bond acceptors (Lipinski definition) is 3. The van der Waals surface area contributed by atoms with E-state index < -0.39 is 6.04 Å². The van der Waals surface area contributed by atoms with Crippen LogP contribution < -0.4 is 5.32 Å². The number of amides is 1. The molecule has 1 aromatic rings. The van der Waals surface area contributed by atoms with Crippen molar-refractivity contribution in [3.8, 4) is 0 Å². The maximum atomic E-state index is 12.1. The minimum atomic E-state index is -0.443. The van der Waals surface area contributed by atoms with Gasteiger partial charge in [0.15, 0.2) is 0 Å². The Hall–Kier alpha value is -1.39. The van der Waals surface area contributed by atoms with Gasteiger partial charge in [0, 0.05) is 13.1 Å². The molecule has 1 aliphatic heterocycles. The van der Waals surface area contributed by atoms with Crippen molar-refractivity contribution in [2.24, 2.45) is 0 Å². The van der Waals surface area contributed by atoms with Crippen LogP contribution in [0.1, 0.15) is 12.0 Å². The van der Waals surface area contributed by atoms with Gasteiger partial charge in [0.05, 0.1) is 6.61 Å². The minimum absolute atomic E-state index is 0.00569. The van der Waals surface area contributed by atoms with Crippen LogP contribution in [-0.2, 0) is 11.3 Å². The highest BCUT2D eigenvalue weighted by atomic mass is 16.3. The Kier molecular flexibility index (Phi) is 4.12. The fraction of sp³-hybridized carbons (Fsp3) is 0.462. The second-order valence-electron chi connectivity index (χ2n) is 4.29. The summed E-state index contributed by atoms with van der Waals surface area (Å²) in [6.45, 7) is 2.02. The second-order valence-corrected chi connectivity index (χ2v) is 4.29. The van der Waals surface area contributed by atoms with E-state index in [2.05, 4.69) is 5.32 Å². The van der Waals surface area contributed by atoms with Crippen molar-refractivity contribution in [1.82, 2.24) is 10.2 Å². The molecular weight excluding hydrogens is 216 g/mol. The third-order valence-electron chi connectivity index (χ3n) is 3.00. The largest absolute Gasteiger partial charge is 0.394 e. The molecule has 1 amide bonds. The Balaban J connectivity index is 2.06. The molecule has 4 heteroatoms. The van der Waals surface area contributed by atoms with Gasteiger partial charge in [-0.3, -0.25) is 4.79 Å². The predicted octanol–water partition coefficient (Wildman–Crippen LogP) is 0.369. The smallest absolute Gasteiger partial charge is 0.242 e. The number of hydrogen-bond donors (Lipinski definition) is 2. The van der Waals surface area contributed by atoms with Crippen molar-refractivity contribution in [1.29, 1.82) is 0 Å². The van der Waals surface area contributed by atoms with E-state index in [1.165, 1.54) is 0 Å². The number of benzene rings is 1. The first-order chi connectivity index (χ1) is 8.31. The van der Waals surface area contributed by atoms with Gasteiger partial charge in [-0.05, 0) is 18.5 Å². The predicted molar refractivity (Wildman–Crippen MR) is 65.4 cm³/mol. The normalized spacial score (nSPS) is 21.4. The molecule has 0 spiro atoms. The highest BCUT2D eigenvalue weighted by molar-refractivity contribution is 5.82. The number of nitrogens with one attached hydrogen (secondary N) is 1. The number of carbonyl (C=O) groups excluding carboxylic acids is 1. The molecular formula is C13H18N2O2. The minimum Gasteiger partial charge on any atom is -0.394 e. The molecule has 4 nitrogen and oxygen atoms in total. The highest BCUT2D eigenvalue weighted by Gasteiger charge is 2.25. The van der Waals surface area contributed by atoms with E-state index in [9.17, 15) is 4.79 Å². The summed E-state index contributed by atoms with van der Waals surface area (Å²) in [6.07, 6.45) is 0.926. The summed E-state index contributed by atoms with van der Waals surface area (Å²) in [6, 6.07) is 9.49. The van der Waals surface area contributed by atoms with E-state index in [0.29, 0.717) is 6.54 Å². The molecule has 1 aliphatic rings. The molecule has 1 saturated heterocycles. The molecule has 0 saturated carbocycles. The van der Waals surface area contributed by atoms with Crippen LogP contribution in [-0.4, -0.2) is 41.7 Å². The maximum Gasteiger partial charge on any atom is 0.242 e. The van der Waals surface area contributed by atoms with Gasteiger partial charge in [-0.25, -0.2) is 0 Å². The van der Waals surface area contributed by atoms with Gasteiger partial charge in [-0.15, -0.1) is 0 Å². The summed E-state index contributed by atoms with van der Waals surface area (Å²) in [4.78, 5) is 13.9. The zero-order chi connectivity index (χ0) is 12.1. The summed E-state index contributed by atoms with van der Waals surface area (Å²) < 4.78 is 0. The monoisotopic (exact) mass is 234 g/mol. The highest BCUT2D eigenvalue weighted by Crippen LogP contribution is 2.09. The summed E-state index contributed by atoms with van der Waals surface area (Å²) in [7, 11) is 0. The molecule has 1 heterocycles. The first-order valence-corrected chi connectivity index (χ1v) is 5.98. The van der Waals surface area contributed by atoms with Crippen LogP contribution in [0.25, 0.3) is 0 Å². The van der Waals surface area contributed by atoms with E-state index in [4.69, 9.17) is 5.11 Å². The Morgan fingerprint density at radius 1 is 1.35 bits per heavy atom. The molecule has 2 N–H and O–H groups in total. The van der Waals surface area contributed by atoms with E-state index >= 15 is 0 Å². The van der Waals surface area contributed by atoms with Crippen molar-refractivity contribution in [3.05, 3.63) is 35.9 Å². The second kappa shape index (κ2) is 5.80. The molecule has 17 heavy (non-hydrogen) atoms. The average molecular weight is 234 g/mol. The van der Waals surface area contributed by atoms with Gasteiger partial charge in [-0.1, -0.05) is 30.3 Å². The number of nitrogens with zero attached hydrogens (tertiary/aromatic N) is 1. The van der Waals surface area contributed by atoms with Crippen LogP contribution in [0, 0.1) is 0 Å². The van der Waals surface area contributed by atoms with Crippen molar-refractivity contribution in [2.45, 2.75) is 19.0 Å². The summed E-state index contributed by atoms with van der Waals surface area (Å²) in [5.41, 5.74) is 1.12. The molecule has 1 atom stereocenters. The summed E-state index contributed by atoms with van der Waals surface area (Å²) >= 11 is 0. The molecule has 2 rings (SSSR count). The Labute approximate surface area is 101 Å². The number of aliphatic hydroxyl groups is 1. The van der Waals surface area contributed by atoms with Crippen LogP contribution in [0.15, 0.2) is 30.3 Å².